The Morgan fingerprint density at radius 1 is 1.11 bits per heavy atom. The molecule has 0 saturated heterocycles. The van der Waals surface area contributed by atoms with Gasteiger partial charge in [0, 0.05) is 4.47 Å². The van der Waals surface area contributed by atoms with Gasteiger partial charge in [-0.25, -0.2) is 14.1 Å². The molecule has 0 fully saturated rings. The molecule has 0 amide bonds. The van der Waals surface area contributed by atoms with Gasteiger partial charge in [-0.2, -0.15) is 0 Å². The van der Waals surface area contributed by atoms with Gasteiger partial charge < -0.3 is 10.3 Å². The molecule has 0 bridgehead atoms. The van der Waals surface area contributed by atoms with Gasteiger partial charge in [0.1, 0.15) is 17.3 Å². The minimum absolute atomic E-state index is 0.284. The first-order chi connectivity index (χ1) is 13.0. The molecule has 0 atom stereocenters. The lowest BCUT2D eigenvalue weighted by Crippen LogP contribution is -2.30. The topological polar surface area (TPSA) is 74.1 Å². The lowest BCUT2D eigenvalue weighted by atomic mass is 10.1. The fourth-order valence-electron chi connectivity index (χ4n) is 2.71. The van der Waals surface area contributed by atoms with E-state index < -0.39 is 0 Å². The molecule has 0 unspecified atom stereocenters. The Morgan fingerprint density at radius 3 is 2.74 bits per heavy atom. The molecular formula is C20H13BrFN3O2. The largest absolute Gasteiger partial charge is 0.457 e. The van der Waals surface area contributed by atoms with Crippen LogP contribution in [-0.4, -0.2) is 9.66 Å². The lowest BCUT2D eigenvalue weighted by Gasteiger charge is -2.04. The standard InChI is InChI=1S/C20H13BrFN3O2/c21-12-5-8-14(16(22)11-12)18-9-6-13(27-18)7-10-19-24-17-4-2-1-3-15(17)20(26)25(19)23/h1-11H,23H2/b10-7+. The van der Waals surface area contributed by atoms with Crippen molar-refractivity contribution >= 4 is 39.0 Å². The first-order valence-electron chi connectivity index (χ1n) is 8.03. The van der Waals surface area contributed by atoms with Gasteiger partial charge in [0.05, 0.1) is 16.5 Å². The second kappa shape index (κ2) is 6.85. The van der Waals surface area contributed by atoms with Crippen molar-refractivity contribution in [3.05, 3.63) is 86.8 Å². The minimum atomic E-state index is -0.388. The summed E-state index contributed by atoms with van der Waals surface area (Å²) in [4.78, 5) is 16.7. The van der Waals surface area contributed by atoms with Crippen molar-refractivity contribution in [2.45, 2.75) is 0 Å². The smallest absolute Gasteiger partial charge is 0.280 e. The Kier molecular flexibility index (Phi) is 4.37. The van der Waals surface area contributed by atoms with Crippen LogP contribution in [0.2, 0.25) is 0 Å². The Bertz CT molecular complexity index is 1240. The quantitative estimate of drug-likeness (QED) is 0.492. The highest BCUT2D eigenvalue weighted by Gasteiger charge is 2.10. The third kappa shape index (κ3) is 3.29. The Labute approximate surface area is 161 Å². The van der Waals surface area contributed by atoms with E-state index in [0.29, 0.717) is 32.5 Å². The van der Waals surface area contributed by atoms with Crippen LogP contribution in [0.15, 0.2) is 68.3 Å². The van der Waals surface area contributed by atoms with E-state index in [1.807, 2.05) is 0 Å². The minimum Gasteiger partial charge on any atom is -0.457 e. The zero-order valence-electron chi connectivity index (χ0n) is 13.9. The Balaban J connectivity index is 1.68. The summed E-state index contributed by atoms with van der Waals surface area (Å²) >= 11 is 3.23. The van der Waals surface area contributed by atoms with Gasteiger partial charge in [0.2, 0.25) is 0 Å². The SMILES string of the molecule is Nn1c(/C=C/c2ccc(-c3ccc(Br)cc3F)o2)nc2ccccc2c1=O. The zero-order valence-corrected chi connectivity index (χ0v) is 15.5. The number of para-hydroxylation sites is 1. The molecule has 2 aromatic heterocycles. The highest BCUT2D eigenvalue weighted by atomic mass is 79.9. The first-order valence-corrected chi connectivity index (χ1v) is 8.82. The summed E-state index contributed by atoms with van der Waals surface area (Å²) in [6.07, 6.45) is 3.20. The maximum Gasteiger partial charge on any atom is 0.280 e. The second-order valence-corrected chi connectivity index (χ2v) is 6.74. The van der Waals surface area contributed by atoms with Gasteiger partial charge in [0.25, 0.3) is 5.56 Å². The second-order valence-electron chi connectivity index (χ2n) is 5.82. The number of nitrogens with two attached hydrogens (primary N) is 1. The summed E-state index contributed by atoms with van der Waals surface area (Å²) in [6, 6.07) is 15.1. The third-order valence-corrected chi connectivity index (χ3v) is 4.55. The van der Waals surface area contributed by atoms with Gasteiger partial charge in [-0.3, -0.25) is 4.79 Å². The molecule has 0 radical (unpaired) electrons. The van der Waals surface area contributed by atoms with Crippen LogP contribution in [-0.2, 0) is 0 Å². The average Bonchev–Trinajstić information content (AvgIpc) is 3.12. The van der Waals surface area contributed by atoms with Crippen LogP contribution < -0.4 is 11.4 Å². The molecule has 27 heavy (non-hydrogen) atoms. The van der Waals surface area contributed by atoms with Crippen molar-refractivity contribution in [1.29, 1.82) is 0 Å². The predicted molar refractivity (Wildman–Crippen MR) is 107 cm³/mol. The summed E-state index contributed by atoms with van der Waals surface area (Å²) in [5.41, 5.74) is 0.579. The van der Waals surface area contributed by atoms with E-state index in [9.17, 15) is 9.18 Å². The van der Waals surface area contributed by atoms with Crippen LogP contribution in [0.3, 0.4) is 0 Å². The van der Waals surface area contributed by atoms with Crippen LogP contribution >= 0.6 is 15.9 Å². The normalized spacial score (nSPS) is 11.5. The average molecular weight is 426 g/mol. The van der Waals surface area contributed by atoms with E-state index in [1.54, 1.807) is 60.7 Å². The zero-order chi connectivity index (χ0) is 19.0. The molecule has 0 aliphatic rings. The highest BCUT2D eigenvalue weighted by Crippen LogP contribution is 2.27. The van der Waals surface area contributed by atoms with Crippen molar-refractivity contribution in [2.75, 3.05) is 5.84 Å². The number of aromatic nitrogens is 2. The summed E-state index contributed by atoms with van der Waals surface area (Å²) in [7, 11) is 0. The van der Waals surface area contributed by atoms with Crippen molar-refractivity contribution < 1.29 is 8.81 Å². The van der Waals surface area contributed by atoms with Crippen molar-refractivity contribution in [2.24, 2.45) is 0 Å². The van der Waals surface area contributed by atoms with Crippen molar-refractivity contribution in [3.8, 4) is 11.3 Å². The molecular weight excluding hydrogens is 413 g/mol. The lowest BCUT2D eigenvalue weighted by molar-refractivity contribution is 0.561. The maximum atomic E-state index is 14.1. The molecule has 2 N–H and O–H groups in total. The van der Waals surface area contributed by atoms with Gasteiger partial charge >= 0.3 is 0 Å². The number of furan rings is 1. The van der Waals surface area contributed by atoms with E-state index in [0.717, 1.165) is 4.68 Å². The van der Waals surface area contributed by atoms with Crippen LogP contribution in [0.25, 0.3) is 34.4 Å². The van der Waals surface area contributed by atoms with E-state index >= 15 is 0 Å². The molecule has 2 heterocycles. The summed E-state index contributed by atoms with van der Waals surface area (Å²) in [6.45, 7) is 0. The molecule has 7 heteroatoms. The van der Waals surface area contributed by atoms with Crippen LogP contribution in [0.4, 0.5) is 4.39 Å². The van der Waals surface area contributed by atoms with Crippen LogP contribution in [0, 0.1) is 5.82 Å². The van der Waals surface area contributed by atoms with Crippen LogP contribution in [0.5, 0.6) is 0 Å². The number of hydrogen-bond acceptors (Lipinski definition) is 4. The number of fused-ring (bicyclic) bond motifs is 1. The fourth-order valence-corrected chi connectivity index (χ4v) is 3.05. The molecule has 2 aromatic carbocycles. The number of nitrogens with zero attached hydrogens (tertiary/aromatic N) is 2. The van der Waals surface area contributed by atoms with Gasteiger partial charge in [-0.1, -0.05) is 28.1 Å². The molecule has 0 aliphatic carbocycles. The van der Waals surface area contributed by atoms with Gasteiger partial charge in [0.15, 0.2) is 5.82 Å². The number of benzene rings is 2. The molecule has 0 aliphatic heterocycles. The maximum absolute atomic E-state index is 14.1. The molecule has 4 aromatic rings. The summed E-state index contributed by atoms with van der Waals surface area (Å²) in [5, 5.41) is 0.447. The molecule has 0 spiro atoms. The number of halogens is 2. The van der Waals surface area contributed by atoms with Gasteiger partial charge in [-0.05, 0) is 54.6 Å². The Morgan fingerprint density at radius 2 is 1.93 bits per heavy atom. The van der Waals surface area contributed by atoms with E-state index in [2.05, 4.69) is 20.9 Å². The highest BCUT2D eigenvalue weighted by molar-refractivity contribution is 9.10. The fraction of sp³-hybridized carbons (Fsp3) is 0. The Hall–Kier alpha value is -3.19. The number of nitrogen functional groups attached to an aromatic ring is 1. The summed E-state index contributed by atoms with van der Waals surface area (Å²) < 4.78 is 21.4. The molecule has 134 valence electrons. The molecule has 0 saturated carbocycles. The molecule has 5 nitrogen and oxygen atoms in total. The summed E-state index contributed by atoms with van der Waals surface area (Å²) in [5.74, 6) is 6.63. The monoisotopic (exact) mass is 425 g/mol. The van der Waals surface area contributed by atoms with Crippen molar-refractivity contribution in [1.82, 2.24) is 9.66 Å². The molecule has 4 rings (SSSR count). The van der Waals surface area contributed by atoms with E-state index in [-0.39, 0.29) is 17.2 Å². The van der Waals surface area contributed by atoms with Gasteiger partial charge in [-0.15, -0.1) is 0 Å². The number of hydrogen-bond donors (Lipinski definition) is 1. The predicted octanol–water partition coefficient (Wildman–Crippen LogP) is 4.44. The first kappa shape index (κ1) is 17.2. The van der Waals surface area contributed by atoms with E-state index in [1.165, 1.54) is 6.07 Å². The third-order valence-electron chi connectivity index (χ3n) is 4.06. The number of rotatable bonds is 3. The van der Waals surface area contributed by atoms with Crippen LogP contribution in [0.1, 0.15) is 11.6 Å². The van der Waals surface area contributed by atoms with Crippen molar-refractivity contribution in [3.63, 3.8) is 0 Å². The van der Waals surface area contributed by atoms with E-state index in [4.69, 9.17) is 10.3 Å².